The van der Waals surface area contributed by atoms with Crippen LogP contribution >= 0.6 is 0 Å². The van der Waals surface area contributed by atoms with Gasteiger partial charge in [-0.1, -0.05) is 140 Å². The first-order chi connectivity index (χ1) is 21.3. The Labute approximate surface area is 249 Å². The Morgan fingerprint density at radius 3 is 1.65 bits per heavy atom. The van der Waals surface area contributed by atoms with Crippen molar-refractivity contribution in [2.24, 2.45) is 0 Å². The lowest BCUT2D eigenvalue weighted by Gasteiger charge is -2.18. The molecular formula is C42H26O. The number of fused-ring (bicyclic) bond motifs is 6. The standard InChI is InChI=1S/C42H26O/c1-2-13-28(14-3-1)40-32-17-6-8-19-34(32)41(35-20-9-7-18-33(35)40)36-22-11-23-39-42(36)37-26-29(24-25-38(37)43-39)31-21-10-15-27-12-4-5-16-30(27)31/h1-26H. The van der Waals surface area contributed by atoms with Crippen LogP contribution in [0.5, 0.6) is 0 Å². The summed E-state index contributed by atoms with van der Waals surface area (Å²) in [4.78, 5) is 0. The van der Waals surface area contributed by atoms with E-state index >= 15 is 0 Å². The lowest BCUT2D eigenvalue weighted by atomic mass is 9.85. The fraction of sp³-hybridized carbons (Fsp3) is 0. The van der Waals surface area contributed by atoms with Gasteiger partial charge >= 0.3 is 0 Å². The van der Waals surface area contributed by atoms with Crippen molar-refractivity contribution in [1.82, 2.24) is 0 Å². The molecule has 9 rings (SSSR count). The summed E-state index contributed by atoms with van der Waals surface area (Å²) in [6.45, 7) is 0. The summed E-state index contributed by atoms with van der Waals surface area (Å²) in [5, 5.41) is 9.78. The highest BCUT2D eigenvalue weighted by Crippen LogP contribution is 2.47. The molecule has 0 aliphatic heterocycles. The van der Waals surface area contributed by atoms with Crippen molar-refractivity contribution >= 4 is 54.3 Å². The smallest absolute Gasteiger partial charge is 0.136 e. The molecule has 0 atom stereocenters. The SMILES string of the molecule is c1ccc(-c2c3ccccc3c(-c3cccc4oc5ccc(-c6cccc7ccccc67)cc5c34)c3ccccc23)cc1. The van der Waals surface area contributed by atoms with Crippen LogP contribution in [0.4, 0.5) is 0 Å². The van der Waals surface area contributed by atoms with E-state index in [0.717, 1.165) is 21.9 Å². The molecule has 9 aromatic rings. The van der Waals surface area contributed by atoms with Crippen molar-refractivity contribution in [3.8, 4) is 33.4 Å². The molecule has 0 N–H and O–H groups in total. The first kappa shape index (κ1) is 24.0. The number of hydrogen-bond acceptors (Lipinski definition) is 1. The molecule has 0 aliphatic rings. The van der Waals surface area contributed by atoms with Gasteiger partial charge in [-0.3, -0.25) is 0 Å². The highest BCUT2D eigenvalue weighted by Gasteiger charge is 2.20. The molecule has 1 aromatic heterocycles. The number of furan rings is 1. The van der Waals surface area contributed by atoms with Gasteiger partial charge in [0.15, 0.2) is 0 Å². The van der Waals surface area contributed by atoms with E-state index in [9.17, 15) is 0 Å². The van der Waals surface area contributed by atoms with Crippen LogP contribution in [0, 0.1) is 0 Å². The second kappa shape index (κ2) is 9.44. The van der Waals surface area contributed by atoms with Gasteiger partial charge in [0.2, 0.25) is 0 Å². The van der Waals surface area contributed by atoms with Crippen molar-refractivity contribution in [1.29, 1.82) is 0 Å². The Morgan fingerprint density at radius 1 is 0.326 bits per heavy atom. The molecule has 0 saturated heterocycles. The maximum absolute atomic E-state index is 6.51. The van der Waals surface area contributed by atoms with Crippen LogP contribution in [-0.2, 0) is 0 Å². The van der Waals surface area contributed by atoms with Crippen molar-refractivity contribution in [3.05, 3.63) is 158 Å². The average molecular weight is 547 g/mol. The van der Waals surface area contributed by atoms with Gasteiger partial charge in [0.1, 0.15) is 11.2 Å². The van der Waals surface area contributed by atoms with E-state index in [4.69, 9.17) is 4.42 Å². The third-order valence-corrected chi connectivity index (χ3v) is 8.86. The topological polar surface area (TPSA) is 13.1 Å². The predicted octanol–water partition coefficient (Wildman–Crippen LogP) is 12.0. The Balaban J connectivity index is 1.39. The monoisotopic (exact) mass is 546 g/mol. The summed E-state index contributed by atoms with van der Waals surface area (Å²) in [6.07, 6.45) is 0. The van der Waals surface area contributed by atoms with Crippen molar-refractivity contribution in [2.75, 3.05) is 0 Å². The second-order valence-corrected chi connectivity index (χ2v) is 11.2. The largest absolute Gasteiger partial charge is 0.456 e. The first-order valence-electron chi connectivity index (χ1n) is 14.8. The molecule has 1 heteroatoms. The van der Waals surface area contributed by atoms with E-state index in [-0.39, 0.29) is 0 Å². The van der Waals surface area contributed by atoms with Crippen LogP contribution in [0.2, 0.25) is 0 Å². The molecule has 0 saturated carbocycles. The molecule has 0 amide bonds. The lowest BCUT2D eigenvalue weighted by Crippen LogP contribution is -1.91. The summed E-state index contributed by atoms with van der Waals surface area (Å²) in [5.41, 5.74) is 9.17. The molecular weight excluding hydrogens is 520 g/mol. The zero-order chi connectivity index (χ0) is 28.3. The fourth-order valence-corrected chi connectivity index (χ4v) is 7.01. The average Bonchev–Trinajstić information content (AvgIpc) is 3.45. The normalized spacial score (nSPS) is 11.7. The molecule has 0 radical (unpaired) electrons. The minimum absolute atomic E-state index is 0.904. The maximum atomic E-state index is 6.51. The molecule has 8 aromatic carbocycles. The molecule has 43 heavy (non-hydrogen) atoms. The molecule has 0 spiro atoms. The van der Waals surface area contributed by atoms with E-state index in [1.807, 2.05) is 0 Å². The van der Waals surface area contributed by atoms with Crippen LogP contribution in [0.3, 0.4) is 0 Å². The van der Waals surface area contributed by atoms with Gasteiger partial charge < -0.3 is 4.42 Å². The van der Waals surface area contributed by atoms with E-state index in [0.29, 0.717) is 0 Å². The van der Waals surface area contributed by atoms with Crippen LogP contribution in [-0.4, -0.2) is 0 Å². The lowest BCUT2D eigenvalue weighted by molar-refractivity contribution is 0.669. The van der Waals surface area contributed by atoms with Crippen molar-refractivity contribution < 1.29 is 4.42 Å². The molecule has 1 heterocycles. The zero-order valence-corrected chi connectivity index (χ0v) is 23.4. The molecule has 0 bridgehead atoms. The summed E-state index contributed by atoms with van der Waals surface area (Å²) in [5.74, 6) is 0. The van der Waals surface area contributed by atoms with E-state index < -0.39 is 0 Å². The van der Waals surface area contributed by atoms with Gasteiger partial charge in [-0.25, -0.2) is 0 Å². The summed E-state index contributed by atoms with van der Waals surface area (Å²) in [6, 6.07) is 56.7. The fourth-order valence-electron chi connectivity index (χ4n) is 7.01. The molecule has 1 nitrogen and oxygen atoms in total. The quantitative estimate of drug-likeness (QED) is 0.201. The summed E-state index contributed by atoms with van der Waals surface area (Å²) in [7, 11) is 0. The van der Waals surface area contributed by atoms with Gasteiger partial charge in [-0.05, 0) is 83.9 Å². The Hall–Kier alpha value is -5.66. The summed E-state index contributed by atoms with van der Waals surface area (Å²) >= 11 is 0. The minimum Gasteiger partial charge on any atom is -0.456 e. The van der Waals surface area contributed by atoms with Crippen molar-refractivity contribution in [2.45, 2.75) is 0 Å². The van der Waals surface area contributed by atoms with Crippen LogP contribution < -0.4 is 0 Å². The summed E-state index contributed by atoms with van der Waals surface area (Å²) < 4.78 is 6.51. The van der Waals surface area contributed by atoms with Crippen LogP contribution in [0.1, 0.15) is 0 Å². The van der Waals surface area contributed by atoms with Crippen LogP contribution in [0.15, 0.2) is 162 Å². The van der Waals surface area contributed by atoms with Gasteiger partial charge in [0.05, 0.1) is 0 Å². The Morgan fingerprint density at radius 2 is 0.907 bits per heavy atom. The van der Waals surface area contributed by atoms with Gasteiger partial charge in [-0.2, -0.15) is 0 Å². The third kappa shape index (κ3) is 3.65. The van der Waals surface area contributed by atoms with Gasteiger partial charge in [-0.15, -0.1) is 0 Å². The highest BCUT2D eigenvalue weighted by molar-refractivity contribution is 6.25. The maximum Gasteiger partial charge on any atom is 0.136 e. The predicted molar refractivity (Wildman–Crippen MR) is 183 cm³/mol. The molecule has 0 unspecified atom stereocenters. The molecule has 0 aliphatic carbocycles. The van der Waals surface area contributed by atoms with E-state index in [1.165, 1.54) is 65.7 Å². The number of benzene rings is 8. The Bertz CT molecular complexity index is 2440. The molecule has 200 valence electrons. The van der Waals surface area contributed by atoms with E-state index in [2.05, 4.69) is 158 Å². The van der Waals surface area contributed by atoms with Gasteiger partial charge in [0.25, 0.3) is 0 Å². The minimum atomic E-state index is 0.904. The Kier molecular flexibility index (Phi) is 5.27. The number of rotatable bonds is 3. The van der Waals surface area contributed by atoms with E-state index in [1.54, 1.807) is 0 Å². The molecule has 0 fully saturated rings. The zero-order valence-electron chi connectivity index (χ0n) is 23.4. The van der Waals surface area contributed by atoms with Crippen molar-refractivity contribution in [3.63, 3.8) is 0 Å². The van der Waals surface area contributed by atoms with Crippen LogP contribution in [0.25, 0.3) is 87.6 Å². The first-order valence-corrected chi connectivity index (χ1v) is 14.8. The van der Waals surface area contributed by atoms with Gasteiger partial charge in [0, 0.05) is 10.8 Å². The highest BCUT2D eigenvalue weighted by atomic mass is 16.3. The second-order valence-electron chi connectivity index (χ2n) is 11.2. The number of hydrogen-bond donors (Lipinski definition) is 0. The third-order valence-electron chi connectivity index (χ3n) is 8.86.